The zero-order valence-electron chi connectivity index (χ0n) is 37.6. The van der Waals surface area contributed by atoms with E-state index >= 15 is 0 Å². The Balaban J connectivity index is 1.30. The van der Waals surface area contributed by atoms with Gasteiger partial charge in [-0.2, -0.15) is 0 Å². The summed E-state index contributed by atoms with van der Waals surface area (Å²) in [7, 11) is 0. The molecule has 7 aromatic heterocycles. The van der Waals surface area contributed by atoms with E-state index in [1.165, 1.54) is 0 Å². The number of hydrogen-bond acceptors (Lipinski definition) is 3. The molecule has 326 valence electrons. The highest BCUT2D eigenvalue weighted by atomic mass is 15.2. The second-order valence-corrected chi connectivity index (χ2v) is 18.0. The molecule has 0 aliphatic rings. The summed E-state index contributed by atoms with van der Waals surface area (Å²) in [4.78, 5) is 15.8. The Labute approximate surface area is 401 Å². The van der Waals surface area contributed by atoms with Crippen molar-refractivity contribution >= 4 is 87.2 Å². The van der Waals surface area contributed by atoms with Crippen molar-refractivity contribution in [1.29, 1.82) is 0 Å². The maximum Gasteiger partial charge on any atom is 0.165 e. The number of fused-ring (bicyclic) bond motifs is 12. The average molecular weight is 894 g/mol. The molecule has 70 heavy (non-hydrogen) atoms. The summed E-state index contributed by atoms with van der Waals surface area (Å²) in [5.74, 6) is 1.57. The van der Waals surface area contributed by atoms with E-state index in [1.807, 2.05) is 30.9 Å². The molecule has 0 spiro atoms. The van der Waals surface area contributed by atoms with Crippen LogP contribution in [0.1, 0.15) is 0 Å². The molecule has 0 unspecified atom stereocenters. The van der Waals surface area contributed by atoms with Crippen LogP contribution in [-0.2, 0) is 0 Å². The van der Waals surface area contributed by atoms with E-state index < -0.39 is 0 Å². The van der Waals surface area contributed by atoms with Crippen molar-refractivity contribution in [2.24, 2.45) is 0 Å². The summed E-state index contributed by atoms with van der Waals surface area (Å²) in [6.07, 6.45) is 7.72. The Morgan fingerprint density at radius 2 is 0.600 bits per heavy atom. The van der Waals surface area contributed by atoms with E-state index in [2.05, 4.69) is 225 Å². The third-order valence-electron chi connectivity index (χ3n) is 14.4. The standard InChI is InChI=1S/C63H39N7/c1-2-27-49(41(19-1)40-18-17-36-64-38-40)59-60(67-51-28-10-3-20-42(51)43-21-4-11-29-52(43)67)62(69-55-32-14-7-24-46(55)47-25-8-15-33-56(47)69)66-63(70-57-34-16-9-26-48(57)50-39-65-37-35-58(50)70)61(59)68-53-30-12-5-22-44(53)45-23-6-13-31-54(45)68/h1-39H. The van der Waals surface area contributed by atoms with Gasteiger partial charge in [0, 0.05) is 79.0 Å². The van der Waals surface area contributed by atoms with E-state index in [1.54, 1.807) is 0 Å². The van der Waals surface area contributed by atoms with Gasteiger partial charge in [-0.1, -0.05) is 158 Å². The molecule has 7 nitrogen and oxygen atoms in total. The molecule has 8 aromatic carbocycles. The maximum absolute atomic E-state index is 6.34. The molecule has 0 aliphatic carbocycles. The first-order valence-electron chi connectivity index (χ1n) is 23.7. The fourth-order valence-electron chi connectivity index (χ4n) is 11.5. The Bertz CT molecular complexity index is 4140. The molecule has 0 bridgehead atoms. The van der Waals surface area contributed by atoms with E-state index in [0.29, 0.717) is 0 Å². The third-order valence-corrected chi connectivity index (χ3v) is 14.4. The van der Waals surface area contributed by atoms with Gasteiger partial charge in [-0.25, -0.2) is 4.98 Å². The molecule has 0 fully saturated rings. The van der Waals surface area contributed by atoms with Gasteiger partial charge < -0.3 is 9.13 Å². The highest BCUT2D eigenvalue weighted by molar-refractivity contribution is 6.16. The van der Waals surface area contributed by atoms with Crippen LogP contribution >= 0.6 is 0 Å². The van der Waals surface area contributed by atoms with Gasteiger partial charge in [-0.3, -0.25) is 19.1 Å². The molecular weight excluding hydrogens is 855 g/mol. The highest BCUT2D eigenvalue weighted by Gasteiger charge is 2.33. The summed E-state index contributed by atoms with van der Waals surface area (Å²) in [5, 5.41) is 9.10. The summed E-state index contributed by atoms with van der Waals surface area (Å²) in [5.41, 5.74) is 14.5. The van der Waals surface area contributed by atoms with Crippen LogP contribution in [0, 0.1) is 0 Å². The van der Waals surface area contributed by atoms with Crippen molar-refractivity contribution in [1.82, 2.24) is 33.2 Å². The summed E-state index contributed by atoms with van der Waals surface area (Å²) in [6, 6.07) is 76.6. The summed E-state index contributed by atoms with van der Waals surface area (Å²) >= 11 is 0. The van der Waals surface area contributed by atoms with E-state index in [4.69, 9.17) is 15.0 Å². The summed E-state index contributed by atoms with van der Waals surface area (Å²) in [6.45, 7) is 0. The first-order valence-corrected chi connectivity index (χ1v) is 23.7. The van der Waals surface area contributed by atoms with E-state index in [9.17, 15) is 0 Å². The topological polar surface area (TPSA) is 58.4 Å². The van der Waals surface area contributed by atoms with Crippen molar-refractivity contribution in [2.45, 2.75) is 0 Å². The molecule has 15 rings (SSSR count). The predicted octanol–water partition coefficient (Wildman–Crippen LogP) is 15.6. The van der Waals surface area contributed by atoms with Gasteiger partial charge in [0.15, 0.2) is 11.6 Å². The number of rotatable bonds is 6. The van der Waals surface area contributed by atoms with Crippen LogP contribution in [0.4, 0.5) is 0 Å². The molecule has 0 N–H and O–H groups in total. The molecule has 0 aliphatic heterocycles. The monoisotopic (exact) mass is 893 g/mol. The first-order chi connectivity index (χ1) is 34.8. The molecule has 0 saturated heterocycles. The Hall–Kier alpha value is -9.59. The van der Waals surface area contributed by atoms with Crippen LogP contribution in [0.15, 0.2) is 237 Å². The van der Waals surface area contributed by atoms with Gasteiger partial charge in [0.05, 0.1) is 44.1 Å². The van der Waals surface area contributed by atoms with Crippen molar-refractivity contribution in [3.63, 3.8) is 0 Å². The fourth-order valence-corrected chi connectivity index (χ4v) is 11.5. The SMILES string of the molecule is c1cncc(-c2ccccc2-c2c(-n3c4ccccc4c4ccccc43)c(-n3c4ccccc4c4ccccc43)nc(-n3c4ccccc4c4cnccc43)c2-n2c3ccccc3c3ccccc32)c1. The van der Waals surface area contributed by atoms with Crippen LogP contribution in [0.5, 0.6) is 0 Å². The predicted molar refractivity (Wildman–Crippen MR) is 288 cm³/mol. The second-order valence-electron chi connectivity index (χ2n) is 18.0. The Morgan fingerprint density at radius 3 is 1.01 bits per heavy atom. The summed E-state index contributed by atoms with van der Waals surface area (Å²) < 4.78 is 9.77. The van der Waals surface area contributed by atoms with Crippen molar-refractivity contribution in [2.75, 3.05) is 0 Å². The van der Waals surface area contributed by atoms with E-state index in [0.717, 1.165) is 132 Å². The van der Waals surface area contributed by atoms with Crippen LogP contribution in [0.25, 0.3) is 132 Å². The van der Waals surface area contributed by atoms with Crippen molar-refractivity contribution < 1.29 is 0 Å². The van der Waals surface area contributed by atoms with Gasteiger partial charge in [0.2, 0.25) is 0 Å². The van der Waals surface area contributed by atoms with Crippen molar-refractivity contribution in [3.05, 3.63) is 237 Å². The third kappa shape index (κ3) is 5.37. The minimum Gasteiger partial charge on any atom is -0.305 e. The first kappa shape index (κ1) is 38.5. The molecule has 15 aromatic rings. The normalized spacial score (nSPS) is 12.0. The van der Waals surface area contributed by atoms with Gasteiger partial charge >= 0.3 is 0 Å². The molecule has 7 heterocycles. The van der Waals surface area contributed by atoms with Crippen LogP contribution in [0.2, 0.25) is 0 Å². The maximum atomic E-state index is 6.34. The minimum atomic E-state index is 0.779. The van der Waals surface area contributed by atoms with Gasteiger partial charge in [-0.15, -0.1) is 0 Å². The van der Waals surface area contributed by atoms with Crippen LogP contribution in [-0.4, -0.2) is 33.2 Å². The lowest BCUT2D eigenvalue weighted by Gasteiger charge is -2.27. The molecule has 0 amide bonds. The lowest BCUT2D eigenvalue weighted by molar-refractivity contribution is 0.961. The number of hydrogen-bond donors (Lipinski definition) is 0. The van der Waals surface area contributed by atoms with Gasteiger partial charge in [0.1, 0.15) is 11.4 Å². The number of nitrogens with zero attached hydrogens (tertiary/aromatic N) is 7. The van der Waals surface area contributed by atoms with E-state index in [-0.39, 0.29) is 0 Å². The Morgan fingerprint density at radius 1 is 0.257 bits per heavy atom. The van der Waals surface area contributed by atoms with Crippen LogP contribution in [0.3, 0.4) is 0 Å². The zero-order valence-corrected chi connectivity index (χ0v) is 37.6. The van der Waals surface area contributed by atoms with Gasteiger partial charge in [0.25, 0.3) is 0 Å². The average Bonchev–Trinajstić information content (AvgIpc) is 4.16. The smallest absolute Gasteiger partial charge is 0.165 e. The number of para-hydroxylation sites is 7. The largest absolute Gasteiger partial charge is 0.305 e. The minimum absolute atomic E-state index is 0.779. The molecule has 0 saturated carbocycles. The quantitative estimate of drug-likeness (QED) is 0.167. The number of aromatic nitrogens is 7. The zero-order chi connectivity index (χ0) is 45.9. The van der Waals surface area contributed by atoms with Crippen molar-refractivity contribution in [3.8, 4) is 45.3 Å². The molecule has 7 heteroatoms. The van der Waals surface area contributed by atoms with Crippen LogP contribution < -0.4 is 0 Å². The lowest BCUT2D eigenvalue weighted by Crippen LogP contribution is -2.16. The molecular formula is C63H39N7. The lowest BCUT2D eigenvalue weighted by atomic mass is 9.92. The number of benzene rings is 8. The Kier molecular flexibility index (Phi) is 8.23. The molecule has 0 radical (unpaired) electrons. The highest BCUT2D eigenvalue weighted by Crippen LogP contribution is 2.50. The molecule has 0 atom stereocenters. The fraction of sp³-hybridized carbons (Fsp3) is 0. The van der Waals surface area contributed by atoms with Gasteiger partial charge in [-0.05, 0) is 65.7 Å². The number of pyridine rings is 3. The second kappa shape index (κ2) is 15.0.